The zero-order valence-corrected chi connectivity index (χ0v) is 11.4. The van der Waals surface area contributed by atoms with Crippen molar-refractivity contribution in [3.8, 4) is 0 Å². The maximum absolute atomic E-state index is 11.6. The van der Waals surface area contributed by atoms with Crippen LogP contribution >= 0.6 is 0 Å². The maximum atomic E-state index is 11.6. The van der Waals surface area contributed by atoms with Crippen LogP contribution in [0.5, 0.6) is 0 Å². The second kappa shape index (κ2) is 7.22. The van der Waals surface area contributed by atoms with E-state index in [2.05, 4.69) is 5.32 Å². The second-order valence-corrected chi connectivity index (χ2v) is 6.02. The van der Waals surface area contributed by atoms with Crippen molar-refractivity contribution in [2.45, 2.75) is 18.9 Å². The minimum atomic E-state index is -3.56. The fourth-order valence-electron chi connectivity index (χ4n) is 1.55. The Bertz CT molecular complexity index is 502. The third kappa shape index (κ3) is 6.90. The van der Waals surface area contributed by atoms with Gasteiger partial charge in [0.25, 0.3) is 0 Å². The van der Waals surface area contributed by atoms with E-state index in [9.17, 15) is 13.2 Å². The normalized spacial score (nSPS) is 12.9. The molecule has 0 aliphatic carbocycles. The lowest BCUT2D eigenvalue weighted by atomic mass is 10.1. The molecule has 0 bridgehead atoms. The van der Waals surface area contributed by atoms with Crippen LogP contribution in [0.2, 0.25) is 0 Å². The van der Waals surface area contributed by atoms with Crippen molar-refractivity contribution < 1.29 is 13.2 Å². The summed E-state index contributed by atoms with van der Waals surface area (Å²) in [6.07, 6.45) is 1.20. The highest BCUT2D eigenvalue weighted by Gasteiger charge is 2.13. The smallest absolute Gasteiger partial charge is 0.236 e. The number of primary sulfonamides is 1. The standard InChI is InChI=1S/C12H19N3O3S/c13-11(7-6-10-4-2-1-3-5-10)12(16)15-8-9-19(14,17)18/h1-5,11H,6-9,13H2,(H,15,16)(H2,14,17,18)/t11-/m0/s1. The van der Waals surface area contributed by atoms with Crippen molar-refractivity contribution in [1.29, 1.82) is 0 Å². The molecule has 1 rings (SSSR count). The van der Waals surface area contributed by atoms with Crippen molar-refractivity contribution in [3.05, 3.63) is 35.9 Å². The zero-order chi connectivity index (χ0) is 14.3. The summed E-state index contributed by atoms with van der Waals surface area (Å²) in [4.78, 5) is 11.6. The van der Waals surface area contributed by atoms with Crippen LogP contribution in [-0.4, -0.2) is 32.7 Å². The number of carbonyl (C=O) groups excluding carboxylic acids is 1. The van der Waals surface area contributed by atoms with Crippen LogP contribution < -0.4 is 16.2 Å². The minimum absolute atomic E-state index is 0.0172. The number of sulfonamides is 1. The fraction of sp³-hybridized carbons (Fsp3) is 0.417. The van der Waals surface area contributed by atoms with E-state index in [1.807, 2.05) is 30.3 Å². The van der Waals surface area contributed by atoms with Gasteiger partial charge in [-0.05, 0) is 18.4 Å². The lowest BCUT2D eigenvalue weighted by Crippen LogP contribution is -2.43. The first-order valence-corrected chi connectivity index (χ1v) is 7.68. The van der Waals surface area contributed by atoms with Crippen LogP contribution in [0.3, 0.4) is 0 Å². The monoisotopic (exact) mass is 285 g/mol. The van der Waals surface area contributed by atoms with Gasteiger partial charge in [-0.2, -0.15) is 0 Å². The number of amides is 1. The summed E-state index contributed by atoms with van der Waals surface area (Å²) < 4.78 is 21.4. The summed E-state index contributed by atoms with van der Waals surface area (Å²) in [5, 5.41) is 7.27. The van der Waals surface area contributed by atoms with Crippen LogP contribution in [0.1, 0.15) is 12.0 Å². The van der Waals surface area contributed by atoms with E-state index in [1.165, 1.54) is 0 Å². The molecule has 0 aliphatic heterocycles. The first-order chi connectivity index (χ1) is 8.88. The number of nitrogens with two attached hydrogens (primary N) is 2. The van der Waals surface area contributed by atoms with Gasteiger partial charge >= 0.3 is 0 Å². The SMILES string of the molecule is N[C@@H](CCc1ccccc1)C(=O)NCCS(N)(=O)=O. The molecule has 0 aromatic heterocycles. The molecule has 106 valence electrons. The number of carbonyl (C=O) groups is 1. The molecule has 1 aromatic carbocycles. The highest BCUT2D eigenvalue weighted by Crippen LogP contribution is 2.03. The Labute approximate surface area is 113 Å². The predicted molar refractivity (Wildman–Crippen MR) is 73.7 cm³/mol. The molecule has 0 radical (unpaired) electrons. The van der Waals surface area contributed by atoms with E-state index in [4.69, 9.17) is 10.9 Å². The molecule has 0 fully saturated rings. The summed E-state index contributed by atoms with van der Waals surface area (Å²) in [5.74, 6) is -0.649. The molecule has 7 heteroatoms. The van der Waals surface area contributed by atoms with Crippen LogP contribution in [0, 0.1) is 0 Å². The summed E-state index contributed by atoms with van der Waals surface area (Å²) >= 11 is 0. The molecule has 0 aliphatic rings. The third-order valence-electron chi connectivity index (χ3n) is 2.61. The zero-order valence-electron chi connectivity index (χ0n) is 10.6. The van der Waals surface area contributed by atoms with Gasteiger partial charge in [0.2, 0.25) is 15.9 Å². The molecule has 1 aromatic rings. The maximum Gasteiger partial charge on any atom is 0.236 e. The first-order valence-electron chi connectivity index (χ1n) is 5.96. The van der Waals surface area contributed by atoms with Crippen LogP contribution in [0.25, 0.3) is 0 Å². The van der Waals surface area contributed by atoms with Crippen LogP contribution in [-0.2, 0) is 21.2 Å². The Kier molecular flexibility index (Phi) is 5.94. The number of nitrogens with one attached hydrogen (secondary N) is 1. The molecule has 0 saturated carbocycles. The summed E-state index contributed by atoms with van der Waals surface area (Å²) in [7, 11) is -3.56. The van der Waals surface area contributed by atoms with Gasteiger partial charge in [0.05, 0.1) is 11.8 Å². The van der Waals surface area contributed by atoms with Gasteiger partial charge in [0.15, 0.2) is 0 Å². The molecule has 0 saturated heterocycles. The van der Waals surface area contributed by atoms with E-state index in [-0.39, 0.29) is 18.2 Å². The van der Waals surface area contributed by atoms with E-state index >= 15 is 0 Å². The van der Waals surface area contributed by atoms with Crippen molar-refractivity contribution in [2.75, 3.05) is 12.3 Å². The van der Waals surface area contributed by atoms with Gasteiger partial charge in [-0.15, -0.1) is 0 Å². The number of hydrogen-bond donors (Lipinski definition) is 3. The fourth-order valence-corrected chi connectivity index (χ4v) is 1.93. The van der Waals surface area contributed by atoms with Gasteiger partial charge in [0.1, 0.15) is 0 Å². The minimum Gasteiger partial charge on any atom is -0.354 e. The molecule has 0 heterocycles. The molecular weight excluding hydrogens is 266 g/mol. The molecular formula is C12H19N3O3S. The second-order valence-electron chi connectivity index (χ2n) is 4.29. The summed E-state index contributed by atoms with van der Waals surface area (Å²) in [6, 6.07) is 9.04. The van der Waals surface area contributed by atoms with Gasteiger partial charge in [0, 0.05) is 6.54 Å². The largest absolute Gasteiger partial charge is 0.354 e. The van der Waals surface area contributed by atoms with E-state index in [1.54, 1.807) is 0 Å². The third-order valence-corrected chi connectivity index (χ3v) is 3.38. The molecule has 1 amide bonds. The first kappa shape index (κ1) is 15.6. The number of benzene rings is 1. The molecule has 1 atom stereocenters. The van der Waals surface area contributed by atoms with Gasteiger partial charge < -0.3 is 11.1 Å². The van der Waals surface area contributed by atoms with Crippen molar-refractivity contribution in [3.63, 3.8) is 0 Å². The average Bonchev–Trinajstić information content (AvgIpc) is 2.35. The Balaban J connectivity index is 2.29. The molecule has 19 heavy (non-hydrogen) atoms. The van der Waals surface area contributed by atoms with Crippen molar-refractivity contribution in [1.82, 2.24) is 5.32 Å². The topological polar surface area (TPSA) is 115 Å². The summed E-state index contributed by atoms with van der Waals surface area (Å²) in [5.41, 5.74) is 6.83. The van der Waals surface area contributed by atoms with E-state index in [0.717, 1.165) is 5.56 Å². The summed E-state index contributed by atoms with van der Waals surface area (Å²) in [6.45, 7) is -0.0172. The molecule has 6 nitrogen and oxygen atoms in total. The predicted octanol–water partition coefficient (Wildman–Crippen LogP) is -0.649. The molecule has 0 unspecified atom stereocenters. The lowest BCUT2D eigenvalue weighted by Gasteiger charge is -2.11. The molecule has 5 N–H and O–H groups in total. The van der Waals surface area contributed by atoms with Gasteiger partial charge in [-0.25, -0.2) is 13.6 Å². The van der Waals surface area contributed by atoms with Gasteiger partial charge in [-0.1, -0.05) is 30.3 Å². The quantitative estimate of drug-likeness (QED) is 0.617. The Hall–Kier alpha value is -1.44. The van der Waals surface area contributed by atoms with Crippen molar-refractivity contribution >= 4 is 15.9 Å². The Morgan fingerprint density at radius 3 is 2.47 bits per heavy atom. The van der Waals surface area contributed by atoms with Crippen molar-refractivity contribution in [2.24, 2.45) is 10.9 Å². The lowest BCUT2D eigenvalue weighted by molar-refractivity contribution is -0.122. The van der Waals surface area contributed by atoms with Crippen LogP contribution in [0.15, 0.2) is 30.3 Å². The van der Waals surface area contributed by atoms with E-state index < -0.39 is 16.1 Å². The number of aryl methyl sites for hydroxylation is 1. The number of hydrogen-bond acceptors (Lipinski definition) is 4. The average molecular weight is 285 g/mol. The van der Waals surface area contributed by atoms with Gasteiger partial charge in [-0.3, -0.25) is 4.79 Å². The van der Waals surface area contributed by atoms with Crippen LogP contribution in [0.4, 0.5) is 0 Å². The highest BCUT2D eigenvalue weighted by molar-refractivity contribution is 7.89. The number of rotatable bonds is 7. The van der Waals surface area contributed by atoms with E-state index in [0.29, 0.717) is 12.8 Å². The highest BCUT2D eigenvalue weighted by atomic mass is 32.2. The Morgan fingerprint density at radius 1 is 1.26 bits per heavy atom. The molecule has 0 spiro atoms. The Morgan fingerprint density at radius 2 is 1.89 bits per heavy atom.